The summed E-state index contributed by atoms with van der Waals surface area (Å²) in [5.74, 6) is -1.47. The van der Waals surface area contributed by atoms with Crippen LogP contribution in [-0.4, -0.2) is 17.3 Å². The standard InChI is InChI=1S/C26H20ClFN2O3/c1-2-33-26(32)19-15-29(22-14-20(27)21(28)13-18(22)25(19)31)30-23(16-9-5-3-6-10-16)24(30)17-11-7-4-8-12-17/h3-15,23-24H,2H2,1H3/t23-,24-/m1/s1. The minimum atomic E-state index is -0.747. The molecule has 1 aliphatic heterocycles. The van der Waals surface area contributed by atoms with Crippen molar-refractivity contribution in [1.82, 2.24) is 4.68 Å². The number of fused-ring (bicyclic) bond motifs is 1. The predicted octanol–water partition coefficient (Wildman–Crippen LogP) is 5.40. The minimum absolute atomic E-state index is 0.0572. The summed E-state index contributed by atoms with van der Waals surface area (Å²) in [4.78, 5) is 25.6. The fraction of sp³-hybridized carbons (Fsp3) is 0.154. The van der Waals surface area contributed by atoms with Gasteiger partial charge in [0, 0.05) is 6.20 Å². The Balaban J connectivity index is 1.75. The molecule has 0 N–H and O–H groups in total. The molecule has 0 amide bonds. The first-order chi connectivity index (χ1) is 16.0. The van der Waals surface area contributed by atoms with Crippen molar-refractivity contribution in [3.05, 3.63) is 117 Å². The summed E-state index contributed by atoms with van der Waals surface area (Å²) in [7, 11) is 0. The third-order valence-corrected chi connectivity index (χ3v) is 6.12. The van der Waals surface area contributed by atoms with E-state index in [9.17, 15) is 14.0 Å². The molecule has 0 saturated carbocycles. The number of halogens is 2. The number of esters is 1. The van der Waals surface area contributed by atoms with Crippen molar-refractivity contribution in [2.24, 2.45) is 0 Å². The zero-order chi connectivity index (χ0) is 23.1. The highest BCUT2D eigenvalue weighted by Crippen LogP contribution is 2.53. The molecule has 0 bridgehead atoms. The van der Waals surface area contributed by atoms with Gasteiger partial charge in [0.2, 0.25) is 5.43 Å². The van der Waals surface area contributed by atoms with Gasteiger partial charge in [-0.1, -0.05) is 72.3 Å². The van der Waals surface area contributed by atoms with E-state index in [1.54, 1.807) is 11.6 Å². The first-order valence-corrected chi connectivity index (χ1v) is 11.0. The Morgan fingerprint density at radius 3 is 2.12 bits per heavy atom. The van der Waals surface area contributed by atoms with Crippen LogP contribution in [0.25, 0.3) is 10.9 Å². The van der Waals surface area contributed by atoms with Crippen molar-refractivity contribution in [3.8, 4) is 0 Å². The summed E-state index contributed by atoms with van der Waals surface area (Å²) in [6.07, 6.45) is 1.47. The molecule has 2 heterocycles. The molecule has 0 aliphatic carbocycles. The molecule has 1 aromatic heterocycles. The molecule has 0 spiro atoms. The predicted molar refractivity (Wildman–Crippen MR) is 126 cm³/mol. The topological polar surface area (TPSA) is 51.3 Å². The van der Waals surface area contributed by atoms with E-state index in [2.05, 4.69) is 0 Å². The number of rotatable bonds is 5. The van der Waals surface area contributed by atoms with E-state index in [4.69, 9.17) is 16.3 Å². The summed E-state index contributed by atoms with van der Waals surface area (Å²) in [6, 6.07) is 22.3. The normalized spacial score (nSPS) is 17.2. The number of pyridine rings is 1. The minimum Gasteiger partial charge on any atom is -0.462 e. The summed E-state index contributed by atoms with van der Waals surface area (Å²) in [5, 5.41) is 2.01. The van der Waals surface area contributed by atoms with Crippen LogP contribution in [0.1, 0.15) is 40.5 Å². The van der Waals surface area contributed by atoms with E-state index >= 15 is 0 Å². The Kier molecular flexibility index (Phi) is 5.38. The smallest absolute Gasteiger partial charge is 0.343 e. The lowest BCUT2D eigenvalue weighted by Crippen LogP contribution is -2.25. The zero-order valence-corrected chi connectivity index (χ0v) is 18.5. The van der Waals surface area contributed by atoms with Crippen LogP contribution in [0.4, 0.5) is 4.39 Å². The summed E-state index contributed by atoms with van der Waals surface area (Å²) < 4.78 is 21.2. The van der Waals surface area contributed by atoms with Gasteiger partial charge in [-0.2, -0.15) is 0 Å². The largest absolute Gasteiger partial charge is 0.462 e. The molecule has 2 atom stereocenters. The number of nitrogens with zero attached hydrogens (tertiary/aromatic N) is 2. The van der Waals surface area contributed by atoms with Gasteiger partial charge in [-0.15, -0.1) is 0 Å². The molecule has 5 nitrogen and oxygen atoms in total. The van der Waals surface area contributed by atoms with Gasteiger partial charge < -0.3 is 4.74 Å². The van der Waals surface area contributed by atoms with Gasteiger partial charge >= 0.3 is 5.97 Å². The quantitative estimate of drug-likeness (QED) is 0.294. The molecule has 5 rings (SSSR count). The number of carbonyl (C=O) groups excluding carboxylic acids is 1. The average molecular weight is 463 g/mol. The van der Waals surface area contributed by atoms with Gasteiger partial charge in [-0.05, 0) is 30.2 Å². The van der Waals surface area contributed by atoms with E-state index in [1.807, 2.05) is 65.7 Å². The van der Waals surface area contributed by atoms with Gasteiger partial charge in [0.15, 0.2) is 0 Å². The summed E-state index contributed by atoms with van der Waals surface area (Å²) in [5.41, 5.74) is 1.81. The van der Waals surface area contributed by atoms with Crippen molar-refractivity contribution >= 4 is 28.5 Å². The molecular formula is C26H20ClFN2O3. The van der Waals surface area contributed by atoms with Crippen LogP contribution in [0.3, 0.4) is 0 Å². The van der Waals surface area contributed by atoms with E-state index in [0.29, 0.717) is 5.52 Å². The second-order valence-electron chi connectivity index (χ2n) is 7.81. The van der Waals surface area contributed by atoms with Crippen LogP contribution in [0, 0.1) is 5.82 Å². The second kappa shape index (κ2) is 8.37. The maximum absolute atomic E-state index is 14.3. The van der Waals surface area contributed by atoms with E-state index in [-0.39, 0.29) is 34.7 Å². The lowest BCUT2D eigenvalue weighted by molar-refractivity contribution is 0.0524. The fourth-order valence-electron chi connectivity index (χ4n) is 4.31. The van der Waals surface area contributed by atoms with Gasteiger partial charge in [0.05, 0.1) is 34.6 Å². The molecule has 0 radical (unpaired) electrons. The molecular weight excluding hydrogens is 443 g/mol. The lowest BCUT2D eigenvalue weighted by atomic mass is 10.0. The lowest BCUT2D eigenvalue weighted by Gasteiger charge is -2.17. The van der Waals surface area contributed by atoms with Crippen LogP contribution in [-0.2, 0) is 4.74 Å². The molecule has 0 unspecified atom stereocenters. The van der Waals surface area contributed by atoms with Crippen molar-refractivity contribution in [3.63, 3.8) is 0 Å². The maximum atomic E-state index is 14.3. The highest BCUT2D eigenvalue weighted by atomic mass is 35.5. The number of hydrogen-bond donors (Lipinski definition) is 0. The molecule has 7 heteroatoms. The molecule has 166 valence electrons. The Bertz CT molecular complexity index is 1360. The molecule has 1 saturated heterocycles. The molecule has 33 heavy (non-hydrogen) atoms. The molecule has 1 aliphatic rings. The maximum Gasteiger partial charge on any atom is 0.343 e. The number of hydrogen-bond acceptors (Lipinski definition) is 4. The fourth-order valence-corrected chi connectivity index (χ4v) is 4.46. The van der Waals surface area contributed by atoms with E-state index in [1.165, 1.54) is 12.3 Å². The molecule has 1 fully saturated rings. The van der Waals surface area contributed by atoms with Crippen molar-refractivity contribution in [2.75, 3.05) is 11.6 Å². The number of benzene rings is 3. The third kappa shape index (κ3) is 3.66. The van der Waals surface area contributed by atoms with Crippen molar-refractivity contribution in [2.45, 2.75) is 19.0 Å². The highest BCUT2D eigenvalue weighted by Gasteiger charge is 2.50. The van der Waals surface area contributed by atoms with Crippen molar-refractivity contribution < 1.29 is 13.9 Å². The first kappa shape index (κ1) is 21.2. The second-order valence-corrected chi connectivity index (χ2v) is 8.22. The Morgan fingerprint density at radius 1 is 1.00 bits per heavy atom. The van der Waals surface area contributed by atoms with Gasteiger partial charge in [-0.3, -0.25) is 14.5 Å². The highest BCUT2D eigenvalue weighted by molar-refractivity contribution is 6.31. The summed E-state index contributed by atoms with van der Waals surface area (Å²) >= 11 is 6.10. The summed E-state index contributed by atoms with van der Waals surface area (Å²) in [6.45, 7) is 1.78. The molecule has 4 aromatic rings. The van der Waals surface area contributed by atoms with Gasteiger partial charge in [-0.25, -0.2) is 9.18 Å². The van der Waals surface area contributed by atoms with Gasteiger partial charge in [0.1, 0.15) is 11.4 Å². The van der Waals surface area contributed by atoms with Crippen LogP contribution >= 0.6 is 11.6 Å². The van der Waals surface area contributed by atoms with E-state index < -0.39 is 17.2 Å². The van der Waals surface area contributed by atoms with Crippen LogP contribution in [0.5, 0.6) is 0 Å². The third-order valence-electron chi connectivity index (χ3n) is 5.83. The Hall–Kier alpha value is -3.64. The Morgan fingerprint density at radius 2 is 1.58 bits per heavy atom. The Labute approximate surface area is 194 Å². The SMILES string of the molecule is CCOC(=O)c1cn(N2[C@H](c3ccccc3)[C@H]2c2ccccc2)c2cc(Cl)c(F)cc2c1=O. The number of aromatic nitrogens is 1. The van der Waals surface area contributed by atoms with Crippen LogP contribution < -0.4 is 10.4 Å². The average Bonchev–Trinajstić information content (AvgIpc) is 3.57. The number of ether oxygens (including phenoxy) is 1. The monoisotopic (exact) mass is 462 g/mol. The van der Waals surface area contributed by atoms with Gasteiger partial charge in [0.25, 0.3) is 0 Å². The first-order valence-electron chi connectivity index (χ1n) is 10.6. The van der Waals surface area contributed by atoms with Crippen molar-refractivity contribution in [1.29, 1.82) is 0 Å². The zero-order valence-electron chi connectivity index (χ0n) is 17.7. The number of carbonyl (C=O) groups is 1. The molecule has 3 aromatic carbocycles. The van der Waals surface area contributed by atoms with E-state index in [0.717, 1.165) is 17.2 Å². The van der Waals surface area contributed by atoms with Crippen LogP contribution in [0.15, 0.2) is 83.8 Å². The van der Waals surface area contributed by atoms with Crippen LogP contribution in [0.2, 0.25) is 5.02 Å².